The average Bonchev–Trinajstić information content (AvgIpc) is 2.80. The molecule has 0 radical (unpaired) electrons. The number of nitrogen functional groups attached to an aromatic ring is 1. The van der Waals surface area contributed by atoms with Crippen molar-refractivity contribution in [3.8, 4) is 17.0 Å². The number of esters is 1. The van der Waals surface area contributed by atoms with Gasteiger partial charge in [0.25, 0.3) is 0 Å². The summed E-state index contributed by atoms with van der Waals surface area (Å²) in [7, 11) is 2.91. The van der Waals surface area contributed by atoms with Crippen LogP contribution in [-0.4, -0.2) is 25.2 Å². The summed E-state index contributed by atoms with van der Waals surface area (Å²) < 4.78 is 9.85. The molecule has 0 fully saturated rings. The molecule has 0 saturated carbocycles. The average molecular weight is 264 g/mol. The van der Waals surface area contributed by atoms with Gasteiger partial charge >= 0.3 is 5.97 Å². The van der Waals surface area contributed by atoms with Crippen molar-refractivity contribution >= 4 is 22.4 Å². The fourth-order valence-corrected chi connectivity index (χ4v) is 2.31. The van der Waals surface area contributed by atoms with Gasteiger partial charge in [0.15, 0.2) is 5.13 Å². The summed E-state index contributed by atoms with van der Waals surface area (Å²) >= 11 is 1.11. The van der Waals surface area contributed by atoms with Crippen LogP contribution in [0.5, 0.6) is 5.75 Å². The molecule has 2 N–H and O–H groups in total. The molecule has 6 heteroatoms. The Bertz CT molecular complexity index is 580. The second-order valence-electron chi connectivity index (χ2n) is 3.45. The van der Waals surface area contributed by atoms with Gasteiger partial charge in [0.1, 0.15) is 10.6 Å². The molecule has 5 nitrogen and oxygen atoms in total. The van der Waals surface area contributed by atoms with Crippen LogP contribution in [0, 0.1) is 0 Å². The van der Waals surface area contributed by atoms with Gasteiger partial charge in [-0.05, 0) is 12.1 Å². The number of anilines is 1. The Morgan fingerprint density at radius 2 is 2.17 bits per heavy atom. The van der Waals surface area contributed by atoms with E-state index in [1.54, 1.807) is 13.2 Å². The molecule has 2 aromatic rings. The van der Waals surface area contributed by atoms with E-state index >= 15 is 0 Å². The van der Waals surface area contributed by atoms with Crippen LogP contribution in [-0.2, 0) is 4.74 Å². The molecule has 1 aromatic carbocycles. The second kappa shape index (κ2) is 5.05. The monoisotopic (exact) mass is 264 g/mol. The fourth-order valence-electron chi connectivity index (χ4n) is 1.53. The molecule has 0 amide bonds. The predicted molar refractivity (Wildman–Crippen MR) is 69.9 cm³/mol. The Morgan fingerprint density at radius 3 is 2.83 bits per heavy atom. The Labute approximate surface area is 108 Å². The maximum atomic E-state index is 11.6. The molecule has 0 saturated heterocycles. The Kier molecular flexibility index (Phi) is 3.47. The van der Waals surface area contributed by atoms with E-state index in [9.17, 15) is 4.79 Å². The lowest BCUT2D eigenvalue weighted by molar-refractivity contribution is 0.0607. The van der Waals surface area contributed by atoms with Crippen molar-refractivity contribution < 1.29 is 14.3 Å². The van der Waals surface area contributed by atoms with E-state index in [0.717, 1.165) is 16.9 Å². The van der Waals surface area contributed by atoms with Crippen molar-refractivity contribution in [1.29, 1.82) is 0 Å². The normalized spacial score (nSPS) is 10.1. The first-order valence-electron chi connectivity index (χ1n) is 5.14. The zero-order valence-corrected chi connectivity index (χ0v) is 10.8. The number of benzene rings is 1. The van der Waals surface area contributed by atoms with Crippen LogP contribution in [0.25, 0.3) is 11.3 Å². The molecule has 2 rings (SSSR count). The molecule has 94 valence electrons. The highest BCUT2D eigenvalue weighted by Gasteiger charge is 2.19. The fraction of sp³-hybridized carbons (Fsp3) is 0.167. The van der Waals surface area contributed by atoms with Crippen molar-refractivity contribution in [3.05, 3.63) is 29.1 Å². The SMILES string of the molecule is COC(=O)c1sc(N)nc1-c1cccc(OC)c1. The number of aromatic nitrogens is 1. The lowest BCUT2D eigenvalue weighted by Crippen LogP contribution is -2.00. The number of nitrogens with two attached hydrogens (primary N) is 1. The Morgan fingerprint density at radius 1 is 1.39 bits per heavy atom. The largest absolute Gasteiger partial charge is 0.497 e. The second-order valence-corrected chi connectivity index (χ2v) is 4.48. The minimum absolute atomic E-state index is 0.327. The van der Waals surface area contributed by atoms with Gasteiger partial charge in [-0.2, -0.15) is 0 Å². The van der Waals surface area contributed by atoms with Crippen LogP contribution in [0.4, 0.5) is 5.13 Å². The van der Waals surface area contributed by atoms with E-state index in [1.165, 1.54) is 7.11 Å². The number of thiazole rings is 1. The summed E-state index contributed by atoms with van der Waals surface area (Å²) in [6.45, 7) is 0. The molecule has 1 heterocycles. The number of hydrogen-bond acceptors (Lipinski definition) is 6. The highest BCUT2D eigenvalue weighted by atomic mass is 32.1. The third-order valence-electron chi connectivity index (χ3n) is 2.36. The van der Waals surface area contributed by atoms with Crippen LogP contribution in [0.1, 0.15) is 9.67 Å². The zero-order chi connectivity index (χ0) is 13.1. The maximum absolute atomic E-state index is 11.6. The number of ether oxygens (including phenoxy) is 2. The van der Waals surface area contributed by atoms with E-state index in [2.05, 4.69) is 4.98 Å². The molecule has 0 unspecified atom stereocenters. The minimum Gasteiger partial charge on any atom is -0.497 e. The summed E-state index contributed by atoms with van der Waals surface area (Å²) in [4.78, 5) is 16.2. The lowest BCUT2D eigenvalue weighted by Gasteiger charge is -2.03. The summed E-state index contributed by atoms with van der Waals surface area (Å²) in [6.07, 6.45) is 0. The van der Waals surface area contributed by atoms with Crippen LogP contribution in [0.2, 0.25) is 0 Å². The topological polar surface area (TPSA) is 74.4 Å². The quantitative estimate of drug-likeness (QED) is 0.860. The Balaban J connectivity index is 2.52. The maximum Gasteiger partial charge on any atom is 0.350 e. The van der Waals surface area contributed by atoms with Crippen molar-refractivity contribution in [2.24, 2.45) is 0 Å². The van der Waals surface area contributed by atoms with Gasteiger partial charge in [0.05, 0.1) is 19.9 Å². The van der Waals surface area contributed by atoms with Crippen molar-refractivity contribution in [1.82, 2.24) is 4.98 Å². The van der Waals surface area contributed by atoms with Crippen LogP contribution in [0.15, 0.2) is 24.3 Å². The summed E-state index contributed by atoms with van der Waals surface area (Å²) in [5.74, 6) is 0.247. The van der Waals surface area contributed by atoms with E-state index in [1.807, 2.05) is 18.2 Å². The first kappa shape index (κ1) is 12.4. The molecule has 0 aliphatic carbocycles. The van der Waals surface area contributed by atoms with Gasteiger partial charge in [0, 0.05) is 5.56 Å². The van der Waals surface area contributed by atoms with E-state index in [4.69, 9.17) is 15.2 Å². The van der Waals surface area contributed by atoms with E-state index < -0.39 is 5.97 Å². The molecular weight excluding hydrogens is 252 g/mol. The number of rotatable bonds is 3. The third-order valence-corrected chi connectivity index (χ3v) is 3.22. The van der Waals surface area contributed by atoms with Crippen LogP contribution < -0.4 is 10.5 Å². The van der Waals surface area contributed by atoms with Gasteiger partial charge in [-0.15, -0.1) is 0 Å². The first-order chi connectivity index (χ1) is 8.65. The first-order valence-corrected chi connectivity index (χ1v) is 5.96. The van der Waals surface area contributed by atoms with Gasteiger partial charge in [-0.25, -0.2) is 9.78 Å². The molecule has 0 spiro atoms. The number of methoxy groups -OCH3 is 2. The molecule has 0 aliphatic rings. The summed E-state index contributed by atoms with van der Waals surface area (Å²) in [6, 6.07) is 7.27. The molecule has 0 atom stereocenters. The standard InChI is InChI=1S/C12H12N2O3S/c1-16-8-5-3-4-7(6-8)9-10(11(15)17-2)18-12(13)14-9/h3-6H,1-2H3,(H2,13,14). The van der Waals surface area contributed by atoms with E-state index in [0.29, 0.717) is 21.5 Å². The summed E-state index contributed by atoms with van der Waals surface area (Å²) in [5, 5.41) is 0.327. The molecule has 1 aromatic heterocycles. The van der Waals surface area contributed by atoms with Gasteiger partial charge in [-0.3, -0.25) is 0 Å². The lowest BCUT2D eigenvalue weighted by atomic mass is 10.1. The highest BCUT2D eigenvalue weighted by molar-refractivity contribution is 7.17. The molecule has 0 bridgehead atoms. The Hall–Kier alpha value is -2.08. The zero-order valence-electron chi connectivity index (χ0n) is 9.97. The predicted octanol–water partition coefficient (Wildman–Crippen LogP) is 2.19. The minimum atomic E-state index is -0.443. The smallest absolute Gasteiger partial charge is 0.350 e. The molecule has 18 heavy (non-hydrogen) atoms. The summed E-state index contributed by atoms with van der Waals surface area (Å²) in [5.41, 5.74) is 6.93. The number of hydrogen-bond donors (Lipinski definition) is 1. The van der Waals surface area contributed by atoms with Crippen molar-refractivity contribution in [3.63, 3.8) is 0 Å². The number of carbonyl (C=O) groups excluding carboxylic acids is 1. The van der Waals surface area contributed by atoms with Crippen LogP contribution in [0.3, 0.4) is 0 Å². The number of nitrogens with zero attached hydrogens (tertiary/aromatic N) is 1. The highest BCUT2D eigenvalue weighted by Crippen LogP contribution is 2.31. The molecular formula is C12H12N2O3S. The third kappa shape index (κ3) is 2.28. The van der Waals surface area contributed by atoms with Gasteiger partial charge < -0.3 is 15.2 Å². The van der Waals surface area contributed by atoms with E-state index in [-0.39, 0.29) is 0 Å². The van der Waals surface area contributed by atoms with Crippen molar-refractivity contribution in [2.75, 3.05) is 20.0 Å². The van der Waals surface area contributed by atoms with Gasteiger partial charge in [-0.1, -0.05) is 23.5 Å². The van der Waals surface area contributed by atoms with Gasteiger partial charge in [0.2, 0.25) is 0 Å². The van der Waals surface area contributed by atoms with Crippen LogP contribution >= 0.6 is 11.3 Å². The number of carbonyl (C=O) groups is 1. The molecule has 0 aliphatic heterocycles. The van der Waals surface area contributed by atoms with Crippen molar-refractivity contribution in [2.45, 2.75) is 0 Å².